The maximum absolute atomic E-state index is 13.9. The van der Waals surface area contributed by atoms with Crippen LogP contribution in [0.3, 0.4) is 0 Å². The van der Waals surface area contributed by atoms with Gasteiger partial charge in [-0.3, -0.25) is 14.7 Å². The zero-order valence-electron chi connectivity index (χ0n) is 18.4. The van der Waals surface area contributed by atoms with Crippen LogP contribution in [-0.4, -0.2) is 23.0 Å². The predicted octanol–water partition coefficient (Wildman–Crippen LogP) is 5.21. The molecule has 1 aromatic heterocycles. The molecule has 0 radical (unpaired) electrons. The Morgan fingerprint density at radius 1 is 1.29 bits per heavy atom. The van der Waals surface area contributed by atoms with Crippen LogP contribution in [0.2, 0.25) is 5.02 Å². The molecule has 3 amide bonds. The summed E-state index contributed by atoms with van der Waals surface area (Å²) in [5.74, 6) is -0.168. The molecular weight excluding hydrogens is 459 g/mol. The Kier molecular flexibility index (Phi) is 5.83. The van der Waals surface area contributed by atoms with Crippen molar-refractivity contribution < 1.29 is 18.7 Å². The van der Waals surface area contributed by atoms with E-state index in [-0.39, 0.29) is 36.8 Å². The number of hydrogen-bond acceptors (Lipinski definition) is 4. The molecule has 0 saturated heterocycles. The molecule has 3 aromatic rings. The molecule has 2 aromatic carbocycles. The van der Waals surface area contributed by atoms with E-state index in [9.17, 15) is 14.0 Å². The minimum Gasteiger partial charge on any atom is -0.487 e. The van der Waals surface area contributed by atoms with Gasteiger partial charge in [-0.15, -0.1) is 0 Å². The number of halogens is 2. The average molecular weight is 481 g/mol. The number of nitrogens with one attached hydrogen (secondary N) is 2. The molecule has 2 aliphatic rings. The van der Waals surface area contributed by atoms with E-state index in [4.69, 9.17) is 16.3 Å². The van der Waals surface area contributed by atoms with E-state index in [0.717, 1.165) is 18.4 Å². The Morgan fingerprint density at radius 3 is 2.88 bits per heavy atom. The highest BCUT2D eigenvalue weighted by atomic mass is 35.5. The Bertz CT molecular complexity index is 1300. The summed E-state index contributed by atoms with van der Waals surface area (Å²) in [6.07, 6.45) is 3.46. The molecule has 5 rings (SSSR count). The van der Waals surface area contributed by atoms with Gasteiger partial charge >= 0.3 is 6.03 Å². The van der Waals surface area contributed by atoms with Gasteiger partial charge in [-0.1, -0.05) is 17.7 Å². The van der Waals surface area contributed by atoms with Gasteiger partial charge in [0, 0.05) is 40.1 Å². The van der Waals surface area contributed by atoms with Crippen LogP contribution in [0.25, 0.3) is 0 Å². The molecule has 1 aliphatic carbocycles. The predicted molar refractivity (Wildman–Crippen MR) is 127 cm³/mol. The van der Waals surface area contributed by atoms with Crippen LogP contribution in [-0.2, 0) is 13.2 Å². The fourth-order valence-corrected chi connectivity index (χ4v) is 4.07. The first-order valence-corrected chi connectivity index (χ1v) is 11.3. The summed E-state index contributed by atoms with van der Waals surface area (Å²) < 4.78 is 19.6. The van der Waals surface area contributed by atoms with E-state index in [1.54, 1.807) is 29.2 Å². The van der Waals surface area contributed by atoms with Crippen molar-refractivity contribution in [1.29, 1.82) is 0 Å². The van der Waals surface area contributed by atoms with Gasteiger partial charge in [0.05, 0.1) is 12.2 Å². The molecule has 174 valence electrons. The van der Waals surface area contributed by atoms with Crippen molar-refractivity contribution in [2.45, 2.75) is 39.0 Å². The molecule has 7 nitrogen and oxygen atoms in total. The Balaban J connectivity index is 1.37. The molecule has 0 spiro atoms. The molecule has 34 heavy (non-hydrogen) atoms. The number of anilines is 2. The van der Waals surface area contributed by atoms with Gasteiger partial charge in [-0.25, -0.2) is 9.18 Å². The summed E-state index contributed by atoms with van der Waals surface area (Å²) in [6, 6.07) is 11.3. The normalized spacial score (nSPS) is 14.9. The molecule has 2 N–H and O–H groups in total. The number of hydrogen-bond donors (Lipinski definition) is 2. The molecule has 1 aliphatic heterocycles. The standard InChI is InChI=1S/C25H22ClFN4O3/c1-14-4-7-17(34-13-22-20(27)3-2-8-28-22)11-23(14)31-12-18-19(26)9-15(10-21(18)30-25(31)33)24(32)29-16-5-6-16/h2-4,7-11,16H,5-6,12-13H2,1H3,(H,29,32)(H,30,33). The molecule has 2 heterocycles. The summed E-state index contributed by atoms with van der Waals surface area (Å²) in [7, 11) is 0. The van der Waals surface area contributed by atoms with E-state index in [1.807, 2.05) is 13.0 Å². The van der Waals surface area contributed by atoms with Crippen LogP contribution in [0.15, 0.2) is 48.7 Å². The third-order valence-corrected chi connectivity index (χ3v) is 6.19. The number of fused-ring (bicyclic) bond motifs is 1. The molecular formula is C25H22ClFN4O3. The third kappa shape index (κ3) is 4.54. The summed E-state index contributed by atoms with van der Waals surface area (Å²) in [4.78, 5) is 31.0. The van der Waals surface area contributed by atoms with Gasteiger partial charge in [-0.05, 0) is 55.7 Å². The van der Waals surface area contributed by atoms with E-state index >= 15 is 0 Å². The zero-order valence-corrected chi connectivity index (χ0v) is 19.2. The monoisotopic (exact) mass is 480 g/mol. The number of ether oxygens (including phenoxy) is 1. The second kappa shape index (κ2) is 8.95. The van der Waals surface area contributed by atoms with Crippen molar-refractivity contribution in [2.75, 3.05) is 10.2 Å². The molecule has 0 unspecified atom stereocenters. The van der Waals surface area contributed by atoms with Gasteiger partial charge in [0.1, 0.15) is 23.9 Å². The van der Waals surface area contributed by atoms with Gasteiger partial charge in [-0.2, -0.15) is 0 Å². The first kappa shape index (κ1) is 22.2. The number of urea groups is 1. The summed E-state index contributed by atoms with van der Waals surface area (Å²) >= 11 is 6.52. The van der Waals surface area contributed by atoms with Crippen molar-refractivity contribution in [3.8, 4) is 5.75 Å². The molecule has 1 saturated carbocycles. The zero-order chi connectivity index (χ0) is 23.8. The van der Waals surface area contributed by atoms with Crippen LogP contribution < -0.4 is 20.3 Å². The van der Waals surface area contributed by atoms with Crippen molar-refractivity contribution in [3.05, 3.63) is 81.9 Å². The number of aromatic nitrogens is 1. The number of amides is 3. The summed E-state index contributed by atoms with van der Waals surface area (Å²) in [5.41, 5.74) is 3.33. The van der Waals surface area contributed by atoms with Gasteiger partial charge < -0.3 is 15.4 Å². The SMILES string of the molecule is Cc1ccc(OCc2ncccc2F)cc1N1Cc2c(Cl)cc(C(=O)NC3CC3)cc2NC1=O. The first-order valence-electron chi connectivity index (χ1n) is 10.9. The van der Waals surface area contributed by atoms with Crippen molar-refractivity contribution in [1.82, 2.24) is 10.3 Å². The maximum Gasteiger partial charge on any atom is 0.326 e. The van der Waals surface area contributed by atoms with Crippen LogP contribution in [0, 0.1) is 12.7 Å². The second-order valence-electron chi connectivity index (χ2n) is 8.42. The molecule has 0 atom stereocenters. The summed E-state index contributed by atoms with van der Waals surface area (Å²) in [5, 5.41) is 6.18. The minimum atomic E-state index is -0.443. The number of benzene rings is 2. The Hall–Kier alpha value is -3.65. The van der Waals surface area contributed by atoms with Crippen molar-refractivity contribution in [3.63, 3.8) is 0 Å². The highest BCUT2D eigenvalue weighted by Crippen LogP contribution is 2.36. The van der Waals surface area contributed by atoms with Gasteiger partial charge in [0.15, 0.2) is 0 Å². The van der Waals surface area contributed by atoms with E-state index in [0.29, 0.717) is 33.3 Å². The third-order valence-electron chi connectivity index (χ3n) is 5.85. The first-order chi connectivity index (χ1) is 16.4. The smallest absolute Gasteiger partial charge is 0.326 e. The lowest BCUT2D eigenvalue weighted by molar-refractivity contribution is 0.0951. The molecule has 0 bridgehead atoms. The minimum absolute atomic E-state index is 0.0400. The number of carbonyl (C=O) groups is 2. The number of carbonyl (C=O) groups excluding carboxylic acids is 2. The number of aryl methyl sites for hydroxylation is 1. The van der Waals surface area contributed by atoms with Crippen LogP contribution in [0.1, 0.15) is 40.0 Å². The number of nitrogens with zero attached hydrogens (tertiary/aromatic N) is 2. The largest absolute Gasteiger partial charge is 0.487 e. The van der Waals surface area contributed by atoms with E-state index < -0.39 is 5.82 Å². The summed E-state index contributed by atoms with van der Waals surface area (Å²) in [6.45, 7) is 2.07. The van der Waals surface area contributed by atoms with Crippen LogP contribution in [0.5, 0.6) is 5.75 Å². The lowest BCUT2D eigenvalue weighted by Gasteiger charge is -2.31. The highest BCUT2D eigenvalue weighted by Gasteiger charge is 2.29. The Labute approximate surface area is 200 Å². The van der Waals surface area contributed by atoms with Crippen molar-refractivity contribution >= 4 is 34.9 Å². The highest BCUT2D eigenvalue weighted by molar-refractivity contribution is 6.32. The molecule has 9 heteroatoms. The number of rotatable bonds is 6. The topological polar surface area (TPSA) is 83.6 Å². The van der Waals surface area contributed by atoms with Crippen LogP contribution in [0.4, 0.5) is 20.6 Å². The maximum atomic E-state index is 13.9. The van der Waals surface area contributed by atoms with Gasteiger partial charge in [0.25, 0.3) is 5.91 Å². The van der Waals surface area contributed by atoms with E-state index in [2.05, 4.69) is 15.6 Å². The fourth-order valence-electron chi connectivity index (χ4n) is 3.79. The fraction of sp³-hybridized carbons (Fsp3) is 0.240. The van der Waals surface area contributed by atoms with E-state index in [1.165, 1.54) is 18.3 Å². The molecule has 1 fully saturated rings. The Morgan fingerprint density at radius 2 is 2.12 bits per heavy atom. The van der Waals surface area contributed by atoms with Crippen molar-refractivity contribution in [2.24, 2.45) is 0 Å². The average Bonchev–Trinajstić information content (AvgIpc) is 3.63. The van der Waals surface area contributed by atoms with Crippen LogP contribution >= 0.6 is 11.6 Å². The number of pyridine rings is 1. The quantitative estimate of drug-likeness (QED) is 0.507. The lowest BCUT2D eigenvalue weighted by Crippen LogP contribution is -2.39. The lowest BCUT2D eigenvalue weighted by atomic mass is 10.0. The van der Waals surface area contributed by atoms with Gasteiger partial charge in [0.2, 0.25) is 0 Å². The second-order valence-corrected chi connectivity index (χ2v) is 8.82.